The quantitative estimate of drug-likeness (QED) is 0.607. The molecule has 1 aliphatic rings. The van der Waals surface area contributed by atoms with Gasteiger partial charge >= 0.3 is 0 Å². The number of hydrogen-bond donors (Lipinski definition) is 2. The third-order valence-corrected chi connectivity index (χ3v) is 5.39. The first kappa shape index (κ1) is 23.2. The summed E-state index contributed by atoms with van der Waals surface area (Å²) < 4.78 is 4.33. The van der Waals surface area contributed by atoms with Gasteiger partial charge in [0.2, 0.25) is 11.8 Å². The third-order valence-electron chi connectivity index (χ3n) is 5.39. The third kappa shape index (κ3) is 6.29. The molecule has 8 nitrogen and oxygen atoms in total. The van der Waals surface area contributed by atoms with Gasteiger partial charge in [-0.2, -0.15) is 5.10 Å². The number of likely N-dealkylation sites (tertiary alicyclic amines) is 1. The topological polar surface area (TPSA) is 104 Å². The fourth-order valence-corrected chi connectivity index (χ4v) is 3.74. The second-order valence-electron chi connectivity index (χ2n) is 8.35. The zero-order valence-corrected chi connectivity index (χ0v) is 18.8. The van der Waals surface area contributed by atoms with Crippen LogP contribution < -0.4 is 5.32 Å². The van der Waals surface area contributed by atoms with Gasteiger partial charge in [0.25, 0.3) is 0 Å². The number of carbonyl (C=O) groups excluding carboxylic acids is 2. The lowest BCUT2D eigenvalue weighted by molar-refractivity contribution is -0.139. The van der Waals surface area contributed by atoms with E-state index in [0.717, 1.165) is 29.7 Å². The molecule has 3 aromatic rings. The first-order valence-corrected chi connectivity index (χ1v) is 11.0. The second kappa shape index (κ2) is 11.3. The van der Waals surface area contributed by atoms with Crippen molar-refractivity contribution in [3.8, 4) is 11.3 Å². The predicted octanol–water partition coefficient (Wildman–Crippen LogP) is 3.97. The number of amides is 2. The average molecular weight is 438 g/mol. The van der Waals surface area contributed by atoms with Crippen molar-refractivity contribution in [2.24, 2.45) is 5.92 Å². The predicted molar refractivity (Wildman–Crippen MR) is 121 cm³/mol. The SMILES string of the molecule is CC(C)CC(=O)N1CCCC1C(=O)NC(C)c1ccc(-c2ccn[nH]2)cc1.c1cnoc1. The second-order valence-corrected chi connectivity index (χ2v) is 8.35. The molecule has 2 atom stereocenters. The molecule has 170 valence electrons. The highest BCUT2D eigenvalue weighted by Crippen LogP contribution is 2.23. The van der Waals surface area contributed by atoms with E-state index in [0.29, 0.717) is 18.9 Å². The van der Waals surface area contributed by atoms with E-state index in [9.17, 15) is 9.59 Å². The summed E-state index contributed by atoms with van der Waals surface area (Å²) in [6.07, 6.45) is 6.94. The number of hydrogen-bond acceptors (Lipinski definition) is 5. The molecule has 0 spiro atoms. The Balaban J connectivity index is 0.000000509. The van der Waals surface area contributed by atoms with Gasteiger partial charge in [0.15, 0.2) is 0 Å². The van der Waals surface area contributed by atoms with Crippen LogP contribution in [0.3, 0.4) is 0 Å². The Kier molecular flexibility index (Phi) is 8.19. The minimum atomic E-state index is -0.344. The van der Waals surface area contributed by atoms with Crippen molar-refractivity contribution >= 4 is 11.8 Å². The van der Waals surface area contributed by atoms with Gasteiger partial charge in [0, 0.05) is 19.2 Å². The maximum absolute atomic E-state index is 12.8. The lowest BCUT2D eigenvalue weighted by Crippen LogP contribution is -2.46. The molecule has 1 aliphatic heterocycles. The molecule has 2 aromatic heterocycles. The molecule has 0 saturated carbocycles. The van der Waals surface area contributed by atoms with Gasteiger partial charge in [0.1, 0.15) is 12.3 Å². The average Bonchev–Trinajstić information content (AvgIpc) is 3.57. The van der Waals surface area contributed by atoms with Crippen molar-refractivity contribution in [2.45, 2.75) is 52.1 Å². The monoisotopic (exact) mass is 437 g/mol. The molecule has 4 rings (SSSR count). The number of benzene rings is 1. The Hall–Kier alpha value is -3.42. The highest BCUT2D eigenvalue weighted by Gasteiger charge is 2.34. The summed E-state index contributed by atoms with van der Waals surface area (Å²) >= 11 is 0. The van der Waals surface area contributed by atoms with Crippen molar-refractivity contribution in [2.75, 3.05) is 6.54 Å². The zero-order chi connectivity index (χ0) is 22.9. The molecule has 1 fully saturated rings. The van der Waals surface area contributed by atoms with Crippen molar-refractivity contribution in [1.82, 2.24) is 25.6 Å². The van der Waals surface area contributed by atoms with Crippen LogP contribution in [-0.2, 0) is 9.59 Å². The summed E-state index contributed by atoms with van der Waals surface area (Å²) in [6.45, 7) is 6.70. The van der Waals surface area contributed by atoms with Crippen LogP contribution in [-0.4, -0.2) is 44.7 Å². The first-order chi connectivity index (χ1) is 15.5. The van der Waals surface area contributed by atoms with Crippen LogP contribution in [0, 0.1) is 5.92 Å². The number of carbonyl (C=O) groups is 2. The number of H-pyrrole nitrogens is 1. The van der Waals surface area contributed by atoms with Gasteiger partial charge < -0.3 is 14.7 Å². The Morgan fingerprint density at radius 1 is 1.19 bits per heavy atom. The van der Waals surface area contributed by atoms with E-state index in [2.05, 4.69) is 25.2 Å². The summed E-state index contributed by atoms with van der Waals surface area (Å²) in [4.78, 5) is 26.9. The molecule has 1 saturated heterocycles. The van der Waals surface area contributed by atoms with Gasteiger partial charge in [-0.05, 0) is 48.9 Å². The van der Waals surface area contributed by atoms with Crippen molar-refractivity contribution in [3.63, 3.8) is 0 Å². The molecule has 0 aliphatic carbocycles. The van der Waals surface area contributed by atoms with Gasteiger partial charge in [-0.1, -0.05) is 43.3 Å². The summed E-state index contributed by atoms with van der Waals surface area (Å²) in [7, 11) is 0. The maximum atomic E-state index is 12.8. The molecule has 2 N–H and O–H groups in total. The van der Waals surface area contributed by atoms with E-state index in [4.69, 9.17) is 0 Å². The zero-order valence-electron chi connectivity index (χ0n) is 18.8. The Morgan fingerprint density at radius 3 is 2.53 bits per heavy atom. The minimum Gasteiger partial charge on any atom is -0.365 e. The summed E-state index contributed by atoms with van der Waals surface area (Å²) in [6, 6.07) is 11.2. The molecule has 32 heavy (non-hydrogen) atoms. The van der Waals surface area contributed by atoms with Crippen LogP contribution in [0.25, 0.3) is 11.3 Å². The highest BCUT2D eigenvalue weighted by atomic mass is 16.5. The Morgan fingerprint density at radius 2 is 1.97 bits per heavy atom. The fourth-order valence-electron chi connectivity index (χ4n) is 3.74. The fraction of sp³-hybridized carbons (Fsp3) is 0.417. The van der Waals surface area contributed by atoms with Crippen LogP contribution in [0.2, 0.25) is 0 Å². The molecular formula is C24H31N5O3. The number of aromatic nitrogens is 3. The van der Waals surface area contributed by atoms with E-state index in [-0.39, 0.29) is 23.9 Å². The van der Waals surface area contributed by atoms with E-state index >= 15 is 0 Å². The number of aromatic amines is 1. The molecular weight excluding hydrogens is 406 g/mol. The smallest absolute Gasteiger partial charge is 0.243 e. The van der Waals surface area contributed by atoms with Crippen LogP contribution in [0.1, 0.15) is 51.6 Å². The number of nitrogens with zero attached hydrogens (tertiary/aromatic N) is 3. The van der Waals surface area contributed by atoms with Gasteiger partial charge in [0.05, 0.1) is 17.9 Å². The molecule has 1 aromatic carbocycles. The van der Waals surface area contributed by atoms with Crippen LogP contribution >= 0.6 is 0 Å². The summed E-state index contributed by atoms with van der Waals surface area (Å²) in [5, 5.41) is 13.3. The minimum absolute atomic E-state index is 0.0604. The van der Waals surface area contributed by atoms with E-state index in [1.165, 1.54) is 6.26 Å². The van der Waals surface area contributed by atoms with Gasteiger partial charge in [-0.25, -0.2) is 0 Å². The van der Waals surface area contributed by atoms with Crippen LogP contribution in [0.4, 0.5) is 0 Å². The van der Waals surface area contributed by atoms with Crippen molar-refractivity contribution in [3.05, 3.63) is 60.6 Å². The molecule has 3 heterocycles. The van der Waals surface area contributed by atoms with Crippen LogP contribution in [0.15, 0.2) is 59.6 Å². The summed E-state index contributed by atoms with van der Waals surface area (Å²) in [5.41, 5.74) is 3.05. The van der Waals surface area contributed by atoms with E-state index < -0.39 is 0 Å². The molecule has 0 bridgehead atoms. The number of rotatable bonds is 6. The Labute approximate surface area is 188 Å². The van der Waals surface area contributed by atoms with Crippen LogP contribution in [0.5, 0.6) is 0 Å². The maximum Gasteiger partial charge on any atom is 0.243 e. The molecule has 0 radical (unpaired) electrons. The molecule has 8 heteroatoms. The first-order valence-electron chi connectivity index (χ1n) is 11.0. The molecule has 2 unspecified atom stereocenters. The number of nitrogens with one attached hydrogen (secondary N) is 2. The molecule has 2 amide bonds. The van der Waals surface area contributed by atoms with Crippen molar-refractivity contribution < 1.29 is 14.1 Å². The Bertz CT molecular complexity index is 935. The largest absolute Gasteiger partial charge is 0.365 e. The normalized spacial score (nSPS) is 16.4. The standard InChI is InChI=1S/C21H28N4O2.C3H3NO/c1-14(2)13-20(26)25-12-4-5-19(25)21(27)23-15(3)16-6-8-17(9-7-16)18-10-11-22-24-18;1-2-4-5-3-1/h6-11,14-15,19H,4-5,12-13H2,1-3H3,(H,22,24)(H,23,27);1-3H. The van der Waals surface area contributed by atoms with E-state index in [1.54, 1.807) is 23.4 Å². The van der Waals surface area contributed by atoms with Gasteiger partial charge in [-0.3, -0.25) is 14.7 Å². The van der Waals surface area contributed by atoms with Gasteiger partial charge in [-0.15, -0.1) is 0 Å². The highest BCUT2D eigenvalue weighted by molar-refractivity contribution is 5.88. The summed E-state index contributed by atoms with van der Waals surface area (Å²) in [5.74, 6) is 0.322. The van der Waals surface area contributed by atoms with Crippen molar-refractivity contribution in [1.29, 1.82) is 0 Å². The van der Waals surface area contributed by atoms with E-state index in [1.807, 2.05) is 51.1 Å². The lowest BCUT2D eigenvalue weighted by atomic mass is 10.0. The lowest BCUT2D eigenvalue weighted by Gasteiger charge is -2.26.